The number of nitrogens with zero attached hydrogens (tertiary/aromatic N) is 3. The van der Waals surface area contributed by atoms with Crippen LogP contribution in [0.5, 0.6) is 0 Å². The first-order valence-corrected chi connectivity index (χ1v) is 5.12. The van der Waals surface area contributed by atoms with Crippen molar-refractivity contribution in [3.8, 4) is 0 Å². The van der Waals surface area contributed by atoms with E-state index in [0.717, 1.165) is 11.4 Å². The molecule has 0 spiro atoms. The average molecular weight is 216 g/mol. The summed E-state index contributed by atoms with van der Waals surface area (Å²) in [4.78, 5) is 4.10. The Bertz CT molecular complexity index is 454. The van der Waals surface area contributed by atoms with E-state index < -0.39 is 0 Å². The molecule has 1 saturated heterocycles. The third kappa shape index (κ3) is 1.37. The van der Waals surface area contributed by atoms with Crippen molar-refractivity contribution in [2.45, 2.75) is 0 Å². The summed E-state index contributed by atoms with van der Waals surface area (Å²) in [5.74, 6) is 0.140. The molecular weight excluding hydrogens is 204 g/mol. The van der Waals surface area contributed by atoms with Crippen molar-refractivity contribution in [1.82, 2.24) is 10.3 Å². The Morgan fingerprint density at radius 3 is 2.81 bits per heavy atom. The third-order valence-electron chi connectivity index (χ3n) is 2.77. The Balaban J connectivity index is 1.88. The first kappa shape index (κ1) is 9.08. The largest absolute Gasteiger partial charge is 0.492 e. The molecule has 1 fully saturated rings. The van der Waals surface area contributed by atoms with Gasteiger partial charge in [0.1, 0.15) is 12.0 Å². The molecule has 2 aliphatic rings. The zero-order valence-electron chi connectivity index (χ0n) is 8.67. The summed E-state index contributed by atoms with van der Waals surface area (Å²) >= 11 is 0. The smallest absolute Gasteiger partial charge is 0.227 e. The standard InChI is InChI=1S/C11H12N4O/c16-11-10-6-14(8-15(10)7-12-13-11)9-4-2-1-3-5-9/h1-5,7,13,16H,6,8H2. The number of anilines is 1. The fourth-order valence-corrected chi connectivity index (χ4v) is 1.94. The highest BCUT2D eigenvalue weighted by Gasteiger charge is 2.28. The van der Waals surface area contributed by atoms with Gasteiger partial charge >= 0.3 is 0 Å². The van der Waals surface area contributed by atoms with Gasteiger partial charge in [-0.15, -0.1) is 0 Å². The summed E-state index contributed by atoms with van der Waals surface area (Å²) in [6, 6.07) is 10.1. The van der Waals surface area contributed by atoms with Crippen LogP contribution in [0.2, 0.25) is 0 Å². The molecule has 0 aliphatic carbocycles. The molecule has 0 radical (unpaired) electrons. The van der Waals surface area contributed by atoms with Gasteiger partial charge in [0.05, 0.1) is 13.2 Å². The Labute approximate surface area is 93.3 Å². The molecule has 3 rings (SSSR count). The Morgan fingerprint density at radius 2 is 2.06 bits per heavy atom. The van der Waals surface area contributed by atoms with Gasteiger partial charge < -0.3 is 14.9 Å². The molecule has 16 heavy (non-hydrogen) atoms. The molecule has 5 nitrogen and oxygen atoms in total. The summed E-state index contributed by atoms with van der Waals surface area (Å²) < 4.78 is 0. The van der Waals surface area contributed by atoms with Gasteiger partial charge in [0, 0.05) is 5.69 Å². The number of fused-ring (bicyclic) bond motifs is 1. The molecule has 0 atom stereocenters. The molecule has 0 saturated carbocycles. The van der Waals surface area contributed by atoms with E-state index in [1.807, 2.05) is 23.1 Å². The van der Waals surface area contributed by atoms with Crippen LogP contribution in [0.4, 0.5) is 5.69 Å². The Morgan fingerprint density at radius 1 is 1.25 bits per heavy atom. The van der Waals surface area contributed by atoms with E-state index in [1.165, 1.54) is 0 Å². The number of benzene rings is 1. The van der Waals surface area contributed by atoms with Crippen LogP contribution in [0, 0.1) is 0 Å². The molecule has 1 aromatic carbocycles. The van der Waals surface area contributed by atoms with E-state index in [-0.39, 0.29) is 5.88 Å². The number of aliphatic hydroxyl groups is 1. The van der Waals surface area contributed by atoms with Gasteiger partial charge in [-0.05, 0) is 12.1 Å². The molecule has 2 aliphatic heterocycles. The molecule has 5 heteroatoms. The summed E-state index contributed by atoms with van der Waals surface area (Å²) in [5, 5.41) is 13.5. The normalized spacial score (nSPS) is 18.8. The predicted octanol–water partition coefficient (Wildman–Crippen LogP) is 1.04. The monoisotopic (exact) mass is 216 g/mol. The molecule has 0 bridgehead atoms. The Kier molecular flexibility index (Phi) is 1.96. The van der Waals surface area contributed by atoms with Crippen LogP contribution < -0.4 is 10.3 Å². The molecule has 82 valence electrons. The summed E-state index contributed by atoms with van der Waals surface area (Å²) in [5.41, 5.74) is 4.57. The van der Waals surface area contributed by atoms with Gasteiger partial charge in [0.15, 0.2) is 0 Å². The van der Waals surface area contributed by atoms with E-state index in [0.29, 0.717) is 13.2 Å². The molecule has 1 aromatic rings. The minimum atomic E-state index is 0.140. The molecule has 0 unspecified atom stereocenters. The highest BCUT2D eigenvalue weighted by atomic mass is 16.3. The molecule has 2 N–H and O–H groups in total. The van der Waals surface area contributed by atoms with E-state index in [2.05, 4.69) is 27.6 Å². The number of aliphatic hydroxyl groups excluding tert-OH is 1. The SMILES string of the molecule is OC1=C2CN(c3ccccc3)CN2C=NN1. The lowest BCUT2D eigenvalue weighted by Crippen LogP contribution is -2.28. The number of hydrogen-bond donors (Lipinski definition) is 2. The maximum absolute atomic E-state index is 9.63. The van der Waals surface area contributed by atoms with Gasteiger partial charge in [-0.1, -0.05) is 18.2 Å². The van der Waals surface area contributed by atoms with Crippen molar-refractivity contribution in [3.63, 3.8) is 0 Å². The van der Waals surface area contributed by atoms with Crippen molar-refractivity contribution >= 4 is 12.0 Å². The van der Waals surface area contributed by atoms with Gasteiger partial charge in [-0.2, -0.15) is 5.10 Å². The molecule has 2 heterocycles. The van der Waals surface area contributed by atoms with Crippen LogP contribution in [-0.4, -0.2) is 29.6 Å². The third-order valence-corrected chi connectivity index (χ3v) is 2.77. The van der Waals surface area contributed by atoms with Crippen molar-refractivity contribution in [2.75, 3.05) is 18.1 Å². The van der Waals surface area contributed by atoms with Gasteiger partial charge in [-0.3, -0.25) is 0 Å². The van der Waals surface area contributed by atoms with Crippen molar-refractivity contribution < 1.29 is 5.11 Å². The van der Waals surface area contributed by atoms with Gasteiger partial charge in [0.25, 0.3) is 0 Å². The van der Waals surface area contributed by atoms with Crippen LogP contribution in [-0.2, 0) is 0 Å². The van der Waals surface area contributed by atoms with Crippen molar-refractivity contribution in [2.24, 2.45) is 5.10 Å². The number of para-hydroxylation sites is 1. The fourth-order valence-electron chi connectivity index (χ4n) is 1.94. The average Bonchev–Trinajstić information content (AvgIpc) is 2.76. The second-order valence-electron chi connectivity index (χ2n) is 3.80. The molecule has 0 amide bonds. The maximum Gasteiger partial charge on any atom is 0.227 e. The molecule has 0 aromatic heterocycles. The van der Waals surface area contributed by atoms with E-state index in [4.69, 9.17) is 0 Å². The zero-order valence-corrected chi connectivity index (χ0v) is 8.67. The quantitative estimate of drug-likeness (QED) is 0.736. The van der Waals surface area contributed by atoms with Gasteiger partial charge in [-0.25, -0.2) is 5.43 Å². The summed E-state index contributed by atoms with van der Waals surface area (Å²) in [7, 11) is 0. The van der Waals surface area contributed by atoms with E-state index in [9.17, 15) is 5.11 Å². The Hall–Kier alpha value is -2.17. The van der Waals surface area contributed by atoms with Gasteiger partial charge in [0.2, 0.25) is 5.88 Å². The summed E-state index contributed by atoms with van der Waals surface area (Å²) in [6.07, 6.45) is 1.69. The minimum absolute atomic E-state index is 0.140. The first-order chi connectivity index (χ1) is 7.84. The maximum atomic E-state index is 9.63. The number of rotatable bonds is 1. The lowest BCUT2D eigenvalue weighted by Gasteiger charge is -2.18. The van der Waals surface area contributed by atoms with Crippen LogP contribution in [0.3, 0.4) is 0 Å². The minimum Gasteiger partial charge on any atom is -0.492 e. The van der Waals surface area contributed by atoms with Crippen molar-refractivity contribution in [3.05, 3.63) is 41.9 Å². The zero-order chi connectivity index (χ0) is 11.0. The number of nitrogens with one attached hydrogen (secondary N) is 1. The number of hydrogen-bond acceptors (Lipinski definition) is 5. The second-order valence-corrected chi connectivity index (χ2v) is 3.80. The lowest BCUT2D eigenvalue weighted by atomic mass is 10.3. The second kappa shape index (κ2) is 3.44. The first-order valence-electron chi connectivity index (χ1n) is 5.12. The van der Waals surface area contributed by atoms with Crippen LogP contribution >= 0.6 is 0 Å². The number of hydrazone groups is 1. The summed E-state index contributed by atoms with van der Waals surface area (Å²) in [6.45, 7) is 1.41. The van der Waals surface area contributed by atoms with Crippen LogP contribution in [0.1, 0.15) is 0 Å². The van der Waals surface area contributed by atoms with E-state index >= 15 is 0 Å². The predicted molar refractivity (Wildman–Crippen MR) is 61.8 cm³/mol. The van der Waals surface area contributed by atoms with E-state index in [1.54, 1.807) is 6.34 Å². The highest BCUT2D eigenvalue weighted by molar-refractivity contribution is 5.64. The van der Waals surface area contributed by atoms with Crippen molar-refractivity contribution in [1.29, 1.82) is 0 Å². The van der Waals surface area contributed by atoms with Crippen LogP contribution in [0.15, 0.2) is 47.0 Å². The van der Waals surface area contributed by atoms with Crippen LogP contribution in [0.25, 0.3) is 0 Å². The fraction of sp³-hybridized carbons (Fsp3) is 0.182. The topological polar surface area (TPSA) is 51.1 Å². The highest BCUT2D eigenvalue weighted by Crippen LogP contribution is 2.24. The lowest BCUT2D eigenvalue weighted by molar-refractivity contribution is 0.336. The molecular formula is C11H12N4O.